The monoisotopic (exact) mass is 522 g/mol. The molecule has 2 heterocycles. The van der Waals surface area contributed by atoms with Gasteiger partial charge >= 0.3 is 0 Å². The summed E-state index contributed by atoms with van der Waals surface area (Å²) in [5.74, 6) is -1.52. The summed E-state index contributed by atoms with van der Waals surface area (Å²) < 4.78 is 18.7. The lowest BCUT2D eigenvalue weighted by Gasteiger charge is -2.28. The molecule has 10 heteroatoms. The number of thioether (sulfide) groups is 1. The Morgan fingerprint density at radius 1 is 1.11 bits per heavy atom. The van der Waals surface area contributed by atoms with Crippen LogP contribution in [0.1, 0.15) is 18.6 Å². The molecule has 0 bridgehead atoms. The van der Waals surface area contributed by atoms with Gasteiger partial charge in [-0.2, -0.15) is 5.26 Å². The highest BCUT2D eigenvalue weighted by Gasteiger charge is 2.36. The summed E-state index contributed by atoms with van der Waals surface area (Å²) in [5, 5.41) is 19.7. The number of benzene rings is 2. The minimum Gasteiger partial charge on any atom is -0.468 e. The first-order valence-corrected chi connectivity index (χ1v) is 12.1. The van der Waals surface area contributed by atoms with Gasteiger partial charge in [-0.25, -0.2) is 4.39 Å². The van der Waals surface area contributed by atoms with E-state index in [1.165, 1.54) is 30.5 Å². The lowest BCUT2D eigenvalue weighted by atomic mass is 9.85. The van der Waals surface area contributed by atoms with Crippen molar-refractivity contribution in [1.82, 2.24) is 5.32 Å². The molecule has 1 aliphatic rings. The summed E-state index contributed by atoms with van der Waals surface area (Å²) in [5.41, 5.74) is 2.08. The summed E-state index contributed by atoms with van der Waals surface area (Å²) in [6, 6.07) is 17.7. The third-order valence-corrected chi connectivity index (χ3v) is 6.57. The summed E-state index contributed by atoms with van der Waals surface area (Å²) in [7, 11) is 0. The van der Waals surface area contributed by atoms with Crippen molar-refractivity contribution in [3.63, 3.8) is 0 Å². The number of halogens is 2. The lowest BCUT2D eigenvalue weighted by molar-refractivity contribution is -0.114. The Balaban J connectivity index is 1.57. The van der Waals surface area contributed by atoms with Crippen LogP contribution in [0.3, 0.4) is 0 Å². The maximum absolute atomic E-state index is 13.3. The van der Waals surface area contributed by atoms with Crippen molar-refractivity contribution >= 4 is 46.6 Å². The highest BCUT2D eigenvalue weighted by molar-refractivity contribution is 8.03. The summed E-state index contributed by atoms with van der Waals surface area (Å²) >= 11 is 7.06. The van der Waals surface area contributed by atoms with Crippen LogP contribution in [0.2, 0.25) is 5.02 Å². The first-order valence-electron chi connectivity index (χ1n) is 10.8. The van der Waals surface area contributed by atoms with Gasteiger partial charge in [0.25, 0.3) is 5.91 Å². The molecule has 0 saturated carbocycles. The number of rotatable bonds is 7. The number of nitrogens with one attached hydrogen (secondary N) is 3. The lowest BCUT2D eigenvalue weighted by Crippen LogP contribution is -2.31. The van der Waals surface area contributed by atoms with E-state index >= 15 is 0 Å². The quantitative estimate of drug-likeness (QED) is 0.363. The molecule has 7 nitrogen and oxygen atoms in total. The second kappa shape index (κ2) is 11.2. The third kappa shape index (κ3) is 5.79. The van der Waals surface area contributed by atoms with Gasteiger partial charge in [0.05, 0.1) is 40.2 Å². The fourth-order valence-electron chi connectivity index (χ4n) is 3.67. The van der Waals surface area contributed by atoms with Crippen LogP contribution in [0.25, 0.3) is 0 Å². The highest BCUT2D eigenvalue weighted by Crippen LogP contribution is 2.41. The van der Waals surface area contributed by atoms with Crippen LogP contribution >= 0.6 is 23.4 Å². The number of dihydropyridines is 1. The van der Waals surface area contributed by atoms with Gasteiger partial charge in [0, 0.05) is 22.1 Å². The molecule has 2 aromatic carbocycles. The second-order valence-electron chi connectivity index (χ2n) is 7.77. The van der Waals surface area contributed by atoms with Crippen LogP contribution in [-0.2, 0) is 9.59 Å². The van der Waals surface area contributed by atoms with Gasteiger partial charge in [-0.3, -0.25) is 9.59 Å². The smallest absolute Gasteiger partial charge is 0.254 e. The number of nitrogens with zero attached hydrogens (tertiary/aromatic N) is 1. The number of hydrogen-bond acceptors (Lipinski definition) is 6. The maximum atomic E-state index is 13.3. The number of allylic oxidation sites excluding steroid dienone is 2. The molecule has 0 unspecified atom stereocenters. The molecule has 1 aliphatic heterocycles. The van der Waals surface area contributed by atoms with Crippen LogP contribution in [0.5, 0.6) is 0 Å². The van der Waals surface area contributed by atoms with Gasteiger partial charge in [0.1, 0.15) is 11.6 Å². The molecule has 4 rings (SSSR count). The molecule has 3 N–H and O–H groups in total. The van der Waals surface area contributed by atoms with E-state index in [1.807, 2.05) is 0 Å². The number of furan rings is 1. The molecule has 0 aliphatic carbocycles. The van der Waals surface area contributed by atoms with Gasteiger partial charge in [-0.1, -0.05) is 23.4 Å². The minimum absolute atomic E-state index is 0.0185. The second-order valence-corrected chi connectivity index (χ2v) is 9.19. The van der Waals surface area contributed by atoms with E-state index in [0.717, 1.165) is 11.8 Å². The molecule has 182 valence electrons. The van der Waals surface area contributed by atoms with Gasteiger partial charge in [0.15, 0.2) is 0 Å². The van der Waals surface area contributed by atoms with Gasteiger partial charge in [-0.15, -0.1) is 0 Å². The average Bonchev–Trinajstić information content (AvgIpc) is 3.39. The van der Waals surface area contributed by atoms with E-state index in [9.17, 15) is 19.2 Å². The van der Waals surface area contributed by atoms with Crippen LogP contribution in [0.15, 0.2) is 93.2 Å². The Labute approximate surface area is 216 Å². The molecule has 2 amide bonds. The van der Waals surface area contributed by atoms with Gasteiger partial charge in [-0.05, 0) is 67.6 Å². The van der Waals surface area contributed by atoms with Gasteiger partial charge in [0.2, 0.25) is 5.91 Å². The third-order valence-electron chi connectivity index (χ3n) is 5.30. The number of carbonyl (C=O) groups is 2. The summed E-state index contributed by atoms with van der Waals surface area (Å²) in [6.45, 7) is 1.72. The molecule has 1 atom stereocenters. The topological polar surface area (TPSA) is 107 Å². The van der Waals surface area contributed by atoms with E-state index in [-0.39, 0.29) is 17.2 Å². The van der Waals surface area contributed by atoms with E-state index in [4.69, 9.17) is 16.0 Å². The van der Waals surface area contributed by atoms with Crippen molar-refractivity contribution in [3.8, 4) is 6.07 Å². The number of nitriles is 1. The Morgan fingerprint density at radius 2 is 1.78 bits per heavy atom. The first-order chi connectivity index (χ1) is 17.4. The standard InChI is InChI=1S/C26H20ClFN4O3S/c1-15-23(25(34)32-19-8-4-16(27)5-9-19)24(21-3-2-12-35-21)20(13-29)26(30-15)36-14-22(33)31-18-10-6-17(28)7-11-18/h2-12,24,30H,14H2,1H3,(H,31,33)(H,32,34)/t24-/m1/s1. The van der Waals surface area contributed by atoms with E-state index in [0.29, 0.717) is 38.5 Å². The zero-order valence-corrected chi connectivity index (χ0v) is 20.5. The van der Waals surface area contributed by atoms with Crippen molar-refractivity contribution in [2.24, 2.45) is 0 Å². The highest BCUT2D eigenvalue weighted by atomic mass is 35.5. The fourth-order valence-corrected chi connectivity index (χ4v) is 4.69. The molecular weight excluding hydrogens is 503 g/mol. The Hall–Kier alpha value is -4.00. The van der Waals surface area contributed by atoms with Crippen LogP contribution in [-0.4, -0.2) is 17.6 Å². The molecule has 0 radical (unpaired) electrons. The molecule has 1 aromatic heterocycles. The van der Waals surface area contributed by atoms with Crippen molar-refractivity contribution in [2.45, 2.75) is 12.8 Å². The zero-order valence-electron chi connectivity index (χ0n) is 19.0. The molecule has 3 aromatic rings. The predicted octanol–water partition coefficient (Wildman–Crippen LogP) is 5.78. The average molecular weight is 523 g/mol. The molecule has 36 heavy (non-hydrogen) atoms. The molecule has 0 spiro atoms. The number of hydrogen-bond donors (Lipinski definition) is 3. The Bertz CT molecular complexity index is 1380. The van der Waals surface area contributed by atoms with Crippen LogP contribution < -0.4 is 16.0 Å². The SMILES string of the molecule is CC1=C(C(=O)Nc2ccc(Cl)cc2)[C@@H](c2ccco2)C(C#N)=C(SCC(=O)Nc2ccc(F)cc2)N1. The largest absolute Gasteiger partial charge is 0.468 e. The maximum Gasteiger partial charge on any atom is 0.254 e. The summed E-state index contributed by atoms with van der Waals surface area (Å²) in [6.07, 6.45) is 1.47. The van der Waals surface area contributed by atoms with E-state index < -0.39 is 17.6 Å². The number of carbonyl (C=O) groups excluding carboxylic acids is 2. The predicted molar refractivity (Wildman–Crippen MR) is 137 cm³/mol. The van der Waals surface area contributed by atoms with Gasteiger partial charge < -0.3 is 20.4 Å². The molecule has 0 saturated heterocycles. The Morgan fingerprint density at radius 3 is 2.42 bits per heavy atom. The van der Waals surface area contributed by atoms with E-state index in [1.54, 1.807) is 43.3 Å². The van der Waals surface area contributed by atoms with Crippen molar-refractivity contribution < 1.29 is 18.4 Å². The van der Waals surface area contributed by atoms with Crippen molar-refractivity contribution in [1.29, 1.82) is 5.26 Å². The van der Waals surface area contributed by atoms with Crippen LogP contribution in [0, 0.1) is 17.1 Å². The van der Waals surface area contributed by atoms with Crippen molar-refractivity contribution in [3.05, 3.63) is 105 Å². The number of anilines is 2. The number of amides is 2. The summed E-state index contributed by atoms with van der Waals surface area (Å²) in [4.78, 5) is 25.8. The fraction of sp³-hybridized carbons (Fsp3) is 0.115. The normalized spacial score (nSPS) is 15.2. The first kappa shape index (κ1) is 25.1. The van der Waals surface area contributed by atoms with Crippen molar-refractivity contribution in [2.75, 3.05) is 16.4 Å². The Kier molecular flexibility index (Phi) is 7.78. The molecular formula is C26H20ClFN4O3S. The minimum atomic E-state index is -0.777. The zero-order chi connectivity index (χ0) is 25.7. The molecule has 0 fully saturated rings. The van der Waals surface area contributed by atoms with Crippen LogP contribution in [0.4, 0.5) is 15.8 Å². The van der Waals surface area contributed by atoms with E-state index in [2.05, 4.69) is 22.0 Å².